The van der Waals surface area contributed by atoms with Gasteiger partial charge in [0.15, 0.2) is 0 Å². The molecule has 4 nitrogen and oxygen atoms in total. The minimum absolute atomic E-state index is 0.0906. The summed E-state index contributed by atoms with van der Waals surface area (Å²) in [6.45, 7) is 4.23. The molecule has 1 aromatic rings. The van der Waals surface area contributed by atoms with Crippen LogP contribution in [-0.2, 0) is 4.79 Å². The Morgan fingerprint density at radius 1 is 1.23 bits per heavy atom. The number of likely N-dealkylation sites (tertiary alicyclic amines) is 1. The van der Waals surface area contributed by atoms with Crippen LogP contribution in [0.15, 0.2) is 18.2 Å². The lowest BCUT2D eigenvalue weighted by atomic mass is 9.95. The molecule has 1 N–H and O–H groups in total. The van der Waals surface area contributed by atoms with Crippen molar-refractivity contribution in [1.82, 2.24) is 4.90 Å². The minimum Gasteiger partial charge on any atom is -0.393 e. The second-order valence-corrected chi connectivity index (χ2v) is 7.06. The number of halogens is 2. The Bertz CT molecular complexity index is 581. The van der Waals surface area contributed by atoms with Crippen LogP contribution in [0.4, 0.5) is 5.69 Å². The van der Waals surface area contributed by atoms with Crippen LogP contribution in [0, 0.1) is 5.92 Å². The number of hydrogen-bond donors (Lipinski definition) is 1. The maximum absolute atomic E-state index is 12.8. The van der Waals surface area contributed by atoms with E-state index >= 15 is 0 Å². The summed E-state index contributed by atoms with van der Waals surface area (Å²) in [5, 5.41) is 10.9. The number of piperidine rings is 1. The van der Waals surface area contributed by atoms with E-state index in [-0.39, 0.29) is 24.0 Å². The number of benzene rings is 1. The molecule has 0 spiro atoms. The van der Waals surface area contributed by atoms with Gasteiger partial charge in [-0.2, -0.15) is 0 Å². The number of rotatable bonds is 2. The summed E-state index contributed by atoms with van der Waals surface area (Å²) >= 11 is 12.1. The summed E-state index contributed by atoms with van der Waals surface area (Å²) in [7, 11) is 0. The Labute approximate surface area is 140 Å². The Hall–Kier alpha value is -0.810. The zero-order valence-electron chi connectivity index (χ0n) is 12.5. The van der Waals surface area contributed by atoms with E-state index in [2.05, 4.69) is 4.90 Å². The quantitative estimate of drug-likeness (QED) is 0.898. The third kappa shape index (κ3) is 2.98. The van der Waals surface area contributed by atoms with Gasteiger partial charge in [0.25, 0.3) is 0 Å². The Balaban J connectivity index is 1.75. The summed E-state index contributed by atoms with van der Waals surface area (Å²) in [4.78, 5) is 16.7. The number of carbonyl (C=O) groups excluding carboxylic acids is 1. The molecule has 2 heterocycles. The third-order valence-electron chi connectivity index (χ3n) is 4.71. The average Bonchev–Trinajstić information content (AvgIpc) is 2.84. The van der Waals surface area contributed by atoms with Gasteiger partial charge in [-0.3, -0.25) is 9.69 Å². The van der Waals surface area contributed by atoms with Crippen LogP contribution in [0.3, 0.4) is 0 Å². The van der Waals surface area contributed by atoms with Crippen LogP contribution >= 0.6 is 23.2 Å². The summed E-state index contributed by atoms with van der Waals surface area (Å²) < 4.78 is 0. The minimum atomic E-state index is -0.255. The summed E-state index contributed by atoms with van der Waals surface area (Å²) in [6.07, 6.45) is 1.27. The van der Waals surface area contributed by atoms with Gasteiger partial charge in [0.2, 0.25) is 5.91 Å². The molecule has 2 fully saturated rings. The highest BCUT2D eigenvalue weighted by atomic mass is 35.5. The standard InChI is InChI=1S/C16H20Cl2N2O2/c1-10-9-19(6-5-15(10)21)14-4-7-20(16(14)22)13-3-2-11(17)8-12(13)18/h2-3,8,10,14-15,21H,4-7,9H2,1H3/t10-,14+,15-/m1/s1. The maximum atomic E-state index is 12.8. The van der Waals surface area contributed by atoms with Gasteiger partial charge >= 0.3 is 0 Å². The smallest absolute Gasteiger partial charge is 0.244 e. The van der Waals surface area contributed by atoms with E-state index in [0.29, 0.717) is 16.6 Å². The number of hydrogen-bond acceptors (Lipinski definition) is 3. The van der Waals surface area contributed by atoms with E-state index in [1.165, 1.54) is 0 Å². The van der Waals surface area contributed by atoms with Gasteiger partial charge in [0.1, 0.15) is 0 Å². The fourth-order valence-corrected chi connectivity index (χ4v) is 3.90. The molecule has 22 heavy (non-hydrogen) atoms. The Morgan fingerprint density at radius 3 is 2.68 bits per heavy atom. The van der Waals surface area contributed by atoms with Gasteiger partial charge < -0.3 is 10.0 Å². The van der Waals surface area contributed by atoms with Crippen molar-refractivity contribution in [3.8, 4) is 0 Å². The fraction of sp³-hybridized carbons (Fsp3) is 0.562. The van der Waals surface area contributed by atoms with Gasteiger partial charge in [-0.25, -0.2) is 0 Å². The second kappa shape index (κ2) is 6.36. The maximum Gasteiger partial charge on any atom is 0.244 e. The van der Waals surface area contributed by atoms with E-state index in [1.54, 1.807) is 23.1 Å². The first kappa shape index (κ1) is 16.1. The molecule has 0 unspecified atom stereocenters. The predicted octanol–water partition coefficient (Wildman–Crippen LogP) is 2.80. The number of anilines is 1. The number of amides is 1. The molecule has 2 aliphatic rings. The van der Waals surface area contributed by atoms with E-state index in [9.17, 15) is 9.90 Å². The first-order valence-corrected chi connectivity index (χ1v) is 8.41. The lowest BCUT2D eigenvalue weighted by molar-refractivity contribution is -0.123. The molecule has 0 bridgehead atoms. The summed E-state index contributed by atoms with van der Waals surface area (Å²) in [5.74, 6) is 0.294. The van der Waals surface area contributed by atoms with Crippen LogP contribution in [0.25, 0.3) is 0 Å². The molecule has 1 amide bonds. The molecule has 120 valence electrons. The lowest BCUT2D eigenvalue weighted by Crippen LogP contribution is -2.49. The highest BCUT2D eigenvalue weighted by Crippen LogP contribution is 2.33. The molecule has 0 aromatic heterocycles. The zero-order valence-corrected chi connectivity index (χ0v) is 14.0. The number of nitrogens with zero attached hydrogens (tertiary/aromatic N) is 2. The molecular formula is C16H20Cl2N2O2. The highest BCUT2D eigenvalue weighted by molar-refractivity contribution is 6.36. The van der Waals surface area contributed by atoms with Gasteiger partial charge in [-0.15, -0.1) is 0 Å². The zero-order chi connectivity index (χ0) is 15.9. The van der Waals surface area contributed by atoms with Crippen LogP contribution in [0.5, 0.6) is 0 Å². The molecule has 0 saturated carbocycles. The van der Waals surface area contributed by atoms with Crippen LogP contribution < -0.4 is 4.90 Å². The van der Waals surface area contributed by atoms with Gasteiger partial charge in [-0.05, 0) is 37.0 Å². The van der Waals surface area contributed by atoms with Crippen molar-refractivity contribution in [3.05, 3.63) is 28.2 Å². The monoisotopic (exact) mass is 342 g/mol. The fourth-order valence-electron chi connectivity index (χ4n) is 3.39. The van der Waals surface area contributed by atoms with Crippen LogP contribution in [-0.4, -0.2) is 47.7 Å². The largest absolute Gasteiger partial charge is 0.393 e. The SMILES string of the molecule is C[C@@H]1CN([C@H]2CCN(c3ccc(Cl)cc3Cl)C2=O)CC[C@H]1O. The number of aliphatic hydroxyl groups excluding tert-OH is 1. The Morgan fingerprint density at radius 2 is 2.00 bits per heavy atom. The first-order chi connectivity index (χ1) is 10.5. The highest BCUT2D eigenvalue weighted by Gasteiger charge is 2.39. The lowest BCUT2D eigenvalue weighted by Gasteiger charge is -2.37. The third-order valence-corrected chi connectivity index (χ3v) is 5.25. The molecule has 0 aliphatic carbocycles. The topological polar surface area (TPSA) is 43.8 Å². The molecule has 3 rings (SSSR count). The van der Waals surface area contributed by atoms with Crippen molar-refractivity contribution in [2.45, 2.75) is 31.9 Å². The van der Waals surface area contributed by atoms with Crippen LogP contribution in [0.1, 0.15) is 19.8 Å². The van der Waals surface area contributed by atoms with Gasteiger partial charge in [0.05, 0.1) is 22.9 Å². The summed E-state index contributed by atoms with van der Waals surface area (Å²) in [5.41, 5.74) is 0.726. The average molecular weight is 343 g/mol. The molecule has 3 atom stereocenters. The Kier molecular flexibility index (Phi) is 4.64. The van der Waals surface area contributed by atoms with Crippen molar-refractivity contribution >= 4 is 34.8 Å². The van der Waals surface area contributed by atoms with Gasteiger partial charge in [-0.1, -0.05) is 30.1 Å². The van der Waals surface area contributed by atoms with Crippen molar-refractivity contribution in [1.29, 1.82) is 0 Å². The van der Waals surface area contributed by atoms with Crippen LogP contribution in [0.2, 0.25) is 10.0 Å². The second-order valence-electron chi connectivity index (χ2n) is 6.22. The molecule has 2 saturated heterocycles. The molecule has 1 aromatic carbocycles. The normalized spacial score (nSPS) is 30.1. The predicted molar refractivity (Wildman–Crippen MR) is 88.6 cm³/mol. The molecule has 0 radical (unpaired) electrons. The van der Waals surface area contributed by atoms with Crippen molar-refractivity contribution in [2.24, 2.45) is 5.92 Å². The molecule has 2 aliphatic heterocycles. The van der Waals surface area contributed by atoms with E-state index in [1.807, 2.05) is 6.92 Å². The van der Waals surface area contributed by atoms with E-state index in [0.717, 1.165) is 31.6 Å². The number of carbonyl (C=O) groups is 1. The van der Waals surface area contributed by atoms with Gasteiger partial charge in [0, 0.05) is 24.7 Å². The van der Waals surface area contributed by atoms with Crippen molar-refractivity contribution in [2.75, 3.05) is 24.5 Å². The molecular weight excluding hydrogens is 323 g/mol. The van der Waals surface area contributed by atoms with E-state index in [4.69, 9.17) is 23.2 Å². The first-order valence-electron chi connectivity index (χ1n) is 7.66. The van der Waals surface area contributed by atoms with E-state index < -0.39 is 0 Å². The van der Waals surface area contributed by atoms with Crippen molar-refractivity contribution < 1.29 is 9.90 Å². The molecule has 6 heteroatoms. The van der Waals surface area contributed by atoms with Crippen molar-refractivity contribution in [3.63, 3.8) is 0 Å². The number of aliphatic hydroxyl groups is 1. The summed E-state index contributed by atoms with van der Waals surface area (Å²) in [6, 6.07) is 5.11.